The minimum absolute atomic E-state index is 0.265. The maximum absolute atomic E-state index is 11.7. The van der Waals surface area contributed by atoms with Gasteiger partial charge >= 0.3 is 0 Å². The number of fused-ring (bicyclic) bond motifs is 1. The first-order valence-electron chi connectivity index (χ1n) is 7.72. The standard InChI is InChI=1S/C20H19NO/c1-2-15-8-11-18(21-14-15)6-4-3-5-16-7-9-17-10-12-20(22)19(17)13-16/h3-9,11,13-14H,2,10,12H2,1H3/b5-3+,6-4?. The highest BCUT2D eigenvalue weighted by molar-refractivity contribution is 6.00. The molecule has 1 heterocycles. The lowest BCUT2D eigenvalue weighted by atomic mass is 10.1. The Kier molecular flexibility index (Phi) is 4.29. The first-order chi connectivity index (χ1) is 10.8. The van der Waals surface area contributed by atoms with Gasteiger partial charge in [0, 0.05) is 18.2 Å². The molecule has 0 atom stereocenters. The predicted octanol–water partition coefficient (Wildman–Crippen LogP) is 4.50. The Morgan fingerprint density at radius 1 is 1.09 bits per heavy atom. The largest absolute Gasteiger partial charge is 0.294 e. The number of aromatic nitrogens is 1. The molecule has 0 fully saturated rings. The smallest absolute Gasteiger partial charge is 0.163 e. The van der Waals surface area contributed by atoms with Crippen molar-refractivity contribution in [3.8, 4) is 0 Å². The first kappa shape index (κ1) is 14.5. The molecule has 0 saturated carbocycles. The third kappa shape index (κ3) is 3.22. The van der Waals surface area contributed by atoms with Crippen LogP contribution in [0.15, 0.2) is 48.7 Å². The zero-order valence-corrected chi connectivity index (χ0v) is 12.8. The number of carbonyl (C=O) groups is 1. The summed E-state index contributed by atoms with van der Waals surface area (Å²) in [7, 11) is 0. The van der Waals surface area contributed by atoms with Crippen molar-refractivity contribution < 1.29 is 4.79 Å². The topological polar surface area (TPSA) is 30.0 Å². The molecule has 22 heavy (non-hydrogen) atoms. The van der Waals surface area contributed by atoms with Crippen molar-refractivity contribution >= 4 is 17.9 Å². The number of nitrogens with zero attached hydrogens (tertiary/aromatic N) is 1. The Morgan fingerprint density at radius 3 is 2.73 bits per heavy atom. The first-order valence-corrected chi connectivity index (χ1v) is 7.72. The summed E-state index contributed by atoms with van der Waals surface area (Å²) < 4.78 is 0. The minimum Gasteiger partial charge on any atom is -0.294 e. The lowest BCUT2D eigenvalue weighted by molar-refractivity contribution is 0.0994. The number of aryl methyl sites for hydroxylation is 2. The molecule has 3 rings (SSSR count). The number of hydrogen-bond acceptors (Lipinski definition) is 2. The van der Waals surface area contributed by atoms with Gasteiger partial charge in [0.05, 0.1) is 5.69 Å². The fourth-order valence-electron chi connectivity index (χ4n) is 2.62. The van der Waals surface area contributed by atoms with E-state index in [1.165, 1.54) is 11.1 Å². The summed E-state index contributed by atoms with van der Waals surface area (Å²) >= 11 is 0. The van der Waals surface area contributed by atoms with E-state index in [0.29, 0.717) is 6.42 Å². The molecule has 2 aromatic rings. The molecule has 1 aromatic carbocycles. The fourth-order valence-corrected chi connectivity index (χ4v) is 2.62. The fraction of sp³-hybridized carbons (Fsp3) is 0.200. The van der Waals surface area contributed by atoms with Gasteiger partial charge in [-0.2, -0.15) is 0 Å². The minimum atomic E-state index is 0.265. The van der Waals surface area contributed by atoms with Crippen LogP contribution in [0.5, 0.6) is 0 Å². The molecule has 2 heteroatoms. The van der Waals surface area contributed by atoms with Gasteiger partial charge in [-0.3, -0.25) is 9.78 Å². The van der Waals surface area contributed by atoms with Gasteiger partial charge in [0.1, 0.15) is 0 Å². The highest BCUT2D eigenvalue weighted by atomic mass is 16.1. The number of rotatable bonds is 4. The summed E-state index contributed by atoms with van der Waals surface area (Å²) in [4.78, 5) is 16.1. The molecule has 2 nitrogen and oxygen atoms in total. The average Bonchev–Trinajstić information content (AvgIpc) is 2.93. The Bertz CT molecular complexity index is 739. The van der Waals surface area contributed by atoms with Gasteiger partial charge < -0.3 is 0 Å². The molecule has 1 aromatic heterocycles. The van der Waals surface area contributed by atoms with E-state index < -0.39 is 0 Å². The van der Waals surface area contributed by atoms with E-state index in [2.05, 4.69) is 30.1 Å². The van der Waals surface area contributed by atoms with Crippen LogP contribution < -0.4 is 0 Å². The second-order valence-electron chi connectivity index (χ2n) is 5.50. The number of allylic oxidation sites excluding steroid dienone is 2. The van der Waals surface area contributed by atoms with Crippen molar-refractivity contribution in [1.82, 2.24) is 4.98 Å². The van der Waals surface area contributed by atoms with Crippen LogP contribution in [0.2, 0.25) is 0 Å². The highest BCUT2D eigenvalue weighted by Gasteiger charge is 2.18. The van der Waals surface area contributed by atoms with E-state index >= 15 is 0 Å². The SMILES string of the molecule is CCc1ccc(C=C/C=C/c2ccc3c(c2)C(=O)CC3)nc1. The van der Waals surface area contributed by atoms with Gasteiger partial charge in [0.2, 0.25) is 0 Å². The molecule has 0 unspecified atom stereocenters. The van der Waals surface area contributed by atoms with Crippen molar-refractivity contribution in [3.63, 3.8) is 0 Å². The van der Waals surface area contributed by atoms with Gasteiger partial charge in [0.25, 0.3) is 0 Å². The molecule has 1 aliphatic carbocycles. The Morgan fingerprint density at radius 2 is 1.95 bits per heavy atom. The third-order valence-corrected chi connectivity index (χ3v) is 3.98. The summed E-state index contributed by atoms with van der Waals surface area (Å²) in [5.74, 6) is 0.265. The van der Waals surface area contributed by atoms with E-state index in [4.69, 9.17) is 0 Å². The average molecular weight is 289 g/mol. The van der Waals surface area contributed by atoms with Crippen molar-refractivity contribution in [2.75, 3.05) is 0 Å². The van der Waals surface area contributed by atoms with E-state index in [-0.39, 0.29) is 5.78 Å². The maximum atomic E-state index is 11.7. The van der Waals surface area contributed by atoms with Gasteiger partial charge in [-0.15, -0.1) is 0 Å². The van der Waals surface area contributed by atoms with Crippen LogP contribution in [0.25, 0.3) is 12.2 Å². The summed E-state index contributed by atoms with van der Waals surface area (Å²) in [6.45, 7) is 2.12. The molecule has 0 bridgehead atoms. The van der Waals surface area contributed by atoms with Crippen molar-refractivity contribution in [1.29, 1.82) is 0 Å². The monoisotopic (exact) mass is 289 g/mol. The van der Waals surface area contributed by atoms with Gasteiger partial charge in [0.15, 0.2) is 5.78 Å². The van der Waals surface area contributed by atoms with Gasteiger partial charge in [-0.05, 0) is 47.7 Å². The van der Waals surface area contributed by atoms with E-state index in [9.17, 15) is 4.79 Å². The summed E-state index contributed by atoms with van der Waals surface area (Å²) in [6.07, 6.45) is 12.4. The van der Waals surface area contributed by atoms with Crippen LogP contribution in [0.1, 0.15) is 46.1 Å². The zero-order valence-electron chi connectivity index (χ0n) is 12.8. The van der Waals surface area contributed by atoms with Crippen molar-refractivity contribution in [2.24, 2.45) is 0 Å². The number of carbonyl (C=O) groups excluding carboxylic acids is 1. The molecular formula is C20H19NO. The summed E-state index contributed by atoms with van der Waals surface area (Å²) in [5, 5.41) is 0. The van der Waals surface area contributed by atoms with E-state index in [1.54, 1.807) is 0 Å². The quantitative estimate of drug-likeness (QED) is 0.776. The predicted molar refractivity (Wildman–Crippen MR) is 90.8 cm³/mol. The molecule has 0 saturated heterocycles. The third-order valence-electron chi connectivity index (χ3n) is 3.98. The molecule has 0 aliphatic heterocycles. The zero-order chi connectivity index (χ0) is 15.4. The number of ketones is 1. The van der Waals surface area contributed by atoms with Gasteiger partial charge in [-0.25, -0.2) is 0 Å². The van der Waals surface area contributed by atoms with Crippen LogP contribution in [-0.2, 0) is 12.8 Å². The molecule has 0 amide bonds. The van der Waals surface area contributed by atoms with E-state index in [1.807, 2.05) is 42.6 Å². The van der Waals surface area contributed by atoms with Crippen LogP contribution in [0.3, 0.4) is 0 Å². The van der Waals surface area contributed by atoms with Gasteiger partial charge in [-0.1, -0.05) is 43.4 Å². The Hall–Kier alpha value is -2.48. The van der Waals surface area contributed by atoms with Crippen LogP contribution in [-0.4, -0.2) is 10.8 Å². The normalized spacial score (nSPS) is 14.1. The van der Waals surface area contributed by atoms with E-state index in [0.717, 1.165) is 29.7 Å². The summed E-state index contributed by atoms with van der Waals surface area (Å²) in [6, 6.07) is 10.2. The molecular weight excluding hydrogens is 270 g/mol. The van der Waals surface area contributed by atoms with Crippen LogP contribution in [0, 0.1) is 0 Å². The van der Waals surface area contributed by atoms with Crippen LogP contribution >= 0.6 is 0 Å². The molecule has 1 aliphatic rings. The lowest BCUT2D eigenvalue weighted by Crippen LogP contribution is -1.91. The molecule has 110 valence electrons. The Balaban J connectivity index is 1.68. The number of benzene rings is 1. The molecule has 0 radical (unpaired) electrons. The van der Waals surface area contributed by atoms with Crippen molar-refractivity contribution in [2.45, 2.75) is 26.2 Å². The second kappa shape index (κ2) is 6.52. The molecule has 0 spiro atoms. The maximum Gasteiger partial charge on any atom is 0.163 e. The number of Topliss-reactive ketones (excluding diaryl/α,β-unsaturated/α-hetero) is 1. The molecule has 0 N–H and O–H groups in total. The number of pyridine rings is 1. The van der Waals surface area contributed by atoms with Crippen LogP contribution in [0.4, 0.5) is 0 Å². The Labute approximate surface area is 131 Å². The number of hydrogen-bond donors (Lipinski definition) is 0. The lowest BCUT2D eigenvalue weighted by Gasteiger charge is -1.99. The second-order valence-corrected chi connectivity index (χ2v) is 5.50. The highest BCUT2D eigenvalue weighted by Crippen LogP contribution is 2.23. The van der Waals surface area contributed by atoms with Crippen molar-refractivity contribution in [3.05, 3.63) is 76.6 Å². The summed E-state index contributed by atoms with van der Waals surface area (Å²) in [5.41, 5.74) is 5.33.